The molecule has 0 bridgehead atoms. The van der Waals surface area contributed by atoms with Crippen LogP contribution in [0.25, 0.3) is 0 Å². The van der Waals surface area contributed by atoms with E-state index in [1.807, 2.05) is 0 Å². The van der Waals surface area contributed by atoms with E-state index in [-0.39, 0.29) is 33.0 Å². The zero-order chi connectivity index (χ0) is 23.4. The summed E-state index contributed by atoms with van der Waals surface area (Å²) in [5, 5.41) is 5.44. The SMILES string of the molecule is COc1ccc(NC(=O)N2CCN(C(=O)c3ccc4c(c3)OCO4)C2C(=O)NCCN)cc1. The van der Waals surface area contributed by atoms with Crippen LogP contribution in [0, 0.1) is 0 Å². The normalized spacial score (nSPS) is 16.5. The molecule has 4 rings (SSSR count). The fourth-order valence-corrected chi connectivity index (χ4v) is 3.69. The first-order valence-corrected chi connectivity index (χ1v) is 10.4. The summed E-state index contributed by atoms with van der Waals surface area (Å²) in [7, 11) is 1.55. The molecule has 2 aliphatic heterocycles. The van der Waals surface area contributed by atoms with Crippen LogP contribution in [0.3, 0.4) is 0 Å². The van der Waals surface area contributed by atoms with Crippen molar-refractivity contribution in [3.05, 3.63) is 48.0 Å². The van der Waals surface area contributed by atoms with Crippen molar-refractivity contribution in [1.29, 1.82) is 0 Å². The summed E-state index contributed by atoms with van der Waals surface area (Å²) in [5.41, 5.74) is 6.37. The maximum Gasteiger partial charge on any atom is 0.323 e. The summed E-state index contributed by atoms with van der Waals surface area (Å²) in [4.78, 5) is 41.9. The largest absolute Gasteiger partial charge is 0.497 e. The number of anilines is 1. The Morgan fingerprint density at radius 2 is 1.79 bits per heavy atom. The van der Waals surface area contributed by atoms with Crippen molar-refractivity contribution >= 4 is 23.5 Å². The van der Waals surface area contributed by atoms with Gasteiger partial charge in [0.2, 0.25) is 6.79 Å². The minimum absolute atomic E-state index is 0.0835. The molecule has 0 radical (unpaired) electrons. The summed E-state index contributed by atoms with van der Waals surface area (Å²) < 4.78 is 15.8. The van der Waals surface area contributed by atoms with E-state index in [0.717, 1.165) is 0 Å². The monoisotopic (exact) mass is 455 g/mol. The van der Waals surface area contributed by atoms with Crippen LogP contribution < -0.4 is 30.6 Å². The highest BCUT2D eigenvalue weighted by Crippen LogP contribution is 2.33. The van der Waals surface area contributed by atoms with Crippen LogP contribution in [-0.2, 0) is 4.79 Å². The molecule has 174 valence electrons. The van der Waals surface area contributed by atoms with E-state index in [0.29, 0.717) is 28.5 Å². The van der Waals surface area contributed by atoms with Crippen LogP contribution in [0.1, 0.15) is 10.4 Å². The predicted octanol–water partition coefficient (Wildman–Crippen LogP) is 0.815. The summed E-state index contributed by atoms with van der Waals surface area (Å²) >= 11 is 0. The lowest BCUT2D eigenvalue weighted by molar-refractivity contribution is -0.127. The Bertz CT molecular complexity index is 1040. The Hall–Kier alpha value is -3.99. The molecule has 2 heterocycles. The number of hydrogen-bond acceptors (Lipinski definition) is 7. The second-order valence-corrected chi connectivity index (χ2v) is 7.37. The number of carbonyl (C=O) groups excluding carboxylic acids is 3. The molecule has 0 aliphatic carbocycles. The maximum atomic E-state index is 13.3. The lowest BCUT2D eigenvalue weighted by Crippen LogP contribution is -2.55. The average molecular weight is 455 g/mol. The minimum atomic E-state index is -1.13. The first-order chi connectivity index (χ1) is 16.0. The van der Waals surface area contributed by atoms with Gasteiger partial charge in [0.1, 0.15) is 5.75 Å². The predicted molar refractivity (Wildman–Crippen MR) is 118 cm³/mol. The fraction of sp³-hybridized carbons (Fsp3) is 0.318. The van der Waals surface area contributed by atoms with Crippen molar-refractivity contribution < 1.29 is 28.6 Å². The van der Waals surface area contributed by atoms with Crippen molar-refractivity contribution in [3.63, 3.8) is 0 Å². The Kier molecular flexibility index (Phi) is 6.50. The van der Waals surface area contributed by atoms with Crippen LogP contribution in [0.15, 0.2) is 42.5 Å². The number of urea groups is 1. The molecular formula is C22H25N5O6. The molecular weight excluding hydrogens is 430 g/mol. The molecule has 1 atom stereocenters. The van der Waals surface area contributed by atoms with Gasteiger partial charge in [-0.05, 0) is 42.5 Å². The maximum absolute atomic E-state index is 13.3. The Labute approximate surface area is 190 Å². The smallest absolute Gasteiger partial charge is 0.323 e. The van der Waals surface area contributed by atoms with E-state index >= 15 is 0 Å². The second kappa shape index (κ2) is 9.65. The zero-order valence-electron chi connectivity index (χ0n) is 18.1. The summed E-state index contributed by atoms with van der Waals surface area (Å²) in [6, 6.07) is 11.1. The van der Waals surface area contributed by atoms with E-state index in [1.54, 1.807) is 49.6 Å². The van der Waals surface area contributed by atoms with Gasteiger partial charge in [0.05, 0.1) is 7.11 Å². The van der Waals surface area contributed by atoms with Gasteiger partial charge < -0.3 is 35.5 Å². The first-order valence-electron chi connectivity index (χ1n) is 10.4. The highest BCUT2D eigenvalue weighted by molar-refractivity contribution is 6.01. The molecule has 2 aliphatic rings. The number of nitrogens with zero attached hydrogens (tertiary/aromatic N) is 2. The van der Waals surface area contributed by atoms with Gasteiger partial charge in [-0.25, -0.2) is 4.79 Å². The van der Waals surface area contributed by atoms with Crippen LogP contribution in [-0.4, -0.2) is 73.9 Å². The molecule has 4 N–H and O–H groups in total. The molecule has 11 nitrogen and oxygen atoms in total. The number of carbonyl (C=O) groups is 3. The summed E-state index contributed by atoms with van der Waals surface area (Å²) in [5.74, 6) is 0.760. The van der Waals surface area contributed by atoms with Crippen molar-refractivity contribution in [1.82, 2.24) is 15.1 Å². The molecule has 33 heavy (non-hydrogen) atoms. The van der Waals surface area contributed by atoms with Crippen molar-refractivity contribution in [2.75, 3.05) is 45.4 Å². The lowest BCUT2D eigenvalue weighted by atomic mass is 10.1. The third-order valence-corrected chi connectivity index (χ3v) is 5.33. The Morgan fingerprint density at radius 3 is 2.52 bits per heavy atom. The molecule has 11 heteroatoms. The lowest BCUT2D eigenvalue weighted by Gasteiger charge is -2.29. The molecule has 2 aromatic carbocycles. The fourth-order valence-electron chi connectivity index (χ4n) is 3.69. The Balaban J connectivity index is 1.54. The molecule has 1 fully saturated rings. The van der Waals surface area contributed by atoms with Crippen molar-refractivity contribution in [3.8, 4) is 17.2 Å². The van der Waals surface area contributed by atoms with Gasteiger partial charge in [-0.2, -0.15) is 0 Å². The number of rotatable bonds is 6. The van der Waals surface area contributed by atoms with E-state index in [4.69, 9.17) is 19.9 Å². The van der Waals surface area contributed by atoms with Crippen molar-refractivity contribution in [2.24, 2.45) is 5.73 Å². The molecule has 1 unspecified atom stereocenters. The number of fused-ring (bicyclic) bond motifs is 1. The van der Waals surface area contributed by atoms with Crippen LogP contribution in [0.2, 0.25) is 0 Å². The molecule has 0 aromatic heterocycles. The standard InChI is InChI=1S/C22H25N5O6/c1-31-16-5-3-15(4-6-16)25-22(30)27-11-10-26(20(27)19(28)24-9-8-23)21(29)14-2-7-17-18(12-14)33-13-32-17/h2-7,12,20H,8-11,13,23H2,1H3,(H,24,28)(H,25,30). The number of nitrogens with two attached hydrogens (primary N) is 1. The molecule has 0 saturated carbocycles. The quantitative estimate of drug-likeness (QED) is 0.587. The van der Waals surface area contributed by atoms with Gasteiger partial charge in [0.25, 0.3) is 11.8 Å². The Morgan fingerprint density at radius 1 is 1.06 bits per heavy atom. The van der Waals surface area contributed by atoms with Crippen LogP contribution in [0.5, 0.6) is 17.2 Å². The highest BCUT2D eigenvalue weighted by Gasteiger charge is 2.43. The topological polar surface area (TPSA) is 135 Å². The number of ether oxygens (including phenoxy) is 3. The zero-order valence-corrected chi connectivity index (χ0v) is 18.1. The molecule has 0 spiro atoms. The third-order valence-electron chi connectivity index (χ3n) is 5.33. The molecule has 2 aromatic rings. The van der Waals surface area contributed by atoms with Gasteiger partial charge in [0, 0.05) is 37.4 Å². The second-order valence-electron chi connectivity index (χ2n) is 7.37. The molecule has 1 saturated heterocycles. The van der Waals surface area contributed by atoms with Crippen LogP contribution >= 0.6 is 0 Å². The number of methoxy groups -OCH3 is 1. The van der Waals surface area contributed by atoms with Gasteiger partial charge in [-0.1, -0.05) is 0 Å². The minimum Gasteiger partial charge on any atom is -0.497 e. The van der Waals surface area contributed by atoms with E-state index in [9.17, 15) is 14.4 Å². The number of amides is 4. The van der Waals surface area contributed by atoms with Gasteiger partial charge >= 0.3 is 6.03 Å². The average Bonchev–Trinajstić information content (AvgIpc) is 3.49. The third kappa shape index (κ3) is 4.62. The van der Waals surface area contributed by atoms with Gasteiger partial charge in [0.15, 0.2) is 17.7 Å². The van der Waals surface area contributed by atoms with E-state index < -0.39 is 24.0 Å². The first kappa shape index (κ1) is 22.2. The van der Waals surface area contributed by atoms with Gasteiger partial charge in [-0.15, -0.1) is 0 Å². The summed E-state index contributed by atoms with van der Waals surface area (Å²) in [6.07, 6.45) is -1.13. The van der Waals surface area contributed by atoms with Crippen molar-refractivity contribution in [2.45, 2.75) is 6.17 Å². The number of hydrogen-bond donors (Lipinski definition) is 3. The number of benzene rings is 2. The number of nitrogens with one attached hydrogen (secondary N) is 2. The van der Waals surface area contributed by atoms with E-state index in [1.165, 1.54) is 9.80 Å². The molecule has 4 amide bonds. The van der Waals surface area contributed by atoms with E-state index in [2.05, 4.69) is 10.6 Å². The highest BCUT2D eigenvalue weighted by atomic mass is 16.7. The summed E-state index contributed by atoms with van der Waals surface area (Å²) in [6.45, 7) is 0.894. The van der Waals surface area contributed by atoms with Crippen LogP contribution in [0.4, 0.5) is 10.5 Å². The van der Waals surface area contributed by atoms with Gasteiger partial charge in [-0.3, -0.25) is 14.5 Å².